The molecule has 1 aromatic heterocycles. The molecule has 1 aliphatic rings. The van der Waals surface area contributed by atoms with E-state index in [4.69, 9.17) is 0 Å². The van der Waals surface area contributed by atoms with Gasteiger partial charge in [-0.3, -0.25) is 9.59 Å². The van der Waals surface area contributed by atoms with Gasteiger partial charge in [-0.15, -0.1) is 0 Å². The second-order valence-corrected chi connectivity index (χ2v) is 11.5. The van der Waals surface area contributed by atoms with E-state index in [1.54, 1.807) is 18.2 Å². The number of likely N-dealkylation sites (tertiary alicyclic amines) is 1. The van der Waals surface area contributed by atoms with Gasteiger partial charge in [-0.05, 0) is 37.0 Å². The van der Waals surface area contributed by atoms with Crippen LogP contribution in [-0.4, -0.2) is 72.2 Å². The summed E-state index contributed by atoms with van der Waals surface area (Å²) in [4.78, 5) is 31.4. The van der Waals surface area contributed by atoms with Crippen molar-refractivity contribution >= 4 is 32.9 Å². The highest BCUT2D eigenvalue weighted by Gasteiger charge is 2.24. The minimum Gasteiger partial charge on any atom is -0.353 e. The molecule has 1 aromatic carbocycles. The molecule has 2 amide bonds. The van der Waals surface area contributed by atoms with E-state index in [2.05, 4.69) is 10.3 Å². The average Bonchev–Trinajstić information content (AvgIpc) is 3.07. The SMILES string of the molecule is CC(C)CC(=O)N1CCC(NC(=O)CCc2nc3cc(S(=O)(=O)N(C)C)ccc3n2C)CC1. The normalized spacial score (nSPS) is 15.5. The number of imidazole rings is 1. The van der Waals surface area contributed by atoms with Crippen molar-refractivity contribution in [2.75, 3.05) is 27.2 Å². The fourth-order valence-electron chi connectivity index (χ4n) is 4.10. The number of rotatable bonds is 8. The van der Waals surface area contributed by atoms with E-state index in [1.807, 2.05) is 30.4 Å². The Bertz CT molecular complexity index is 1120. The van der Waals surface area contributed by atoms with Crippen molar-refractivity contribution in [2.45, 2.75) is 56.9 Å². The van der Waals surface area contributed by atoms with Crippen molar-refractivity contribution < 1.29 is 18.0 Å². The molecule has 182 valence electrons. The van der Waals surface area contributed by atoms with Crippen molar-refractivity contribution in [3.63, 3.8) is 0 Å². The third kappa shape index (κ3) is 5.92. The summed E-state index contributed by atoms with van der Waals surface area (Å²) < 4.78 is 27.9. The number of amides is 2. The monoisotopic (exact) mass is 477 g/mol. The van der Waals surface area contributed by atoms with Gasteiger partial charge in [0.05, 0.1) is 15.9 Å². The number of sulfonamides is 1. The number of benzene rings is 1. The lowest BCUT2D eigenvalue weighted by Gasteiger charge is -2.32. The number of fused-ring (bicyclic) bond motifs is 1. The number of piperidine rings is 1. The molecule has 2 heterocycles. The van der Waals surface area contributed by atoms with Gasteiger partial charge in [-0.1, -0.05) is 13.8 Å². The van der Waals surface area contributed by atoms with Gasteiger partial charge < -0.3 is 14.8 Å². The Hall–Kier alpha value is -2.46. The first kappa shape index (κ1) is 25.2. The topological polar surface area (TPSA) is 105 Å². The Morgan fingerprint density at radius 1 is 1.21 bits per heavy atom. The molecule has 0 radical (unpaired) electrons. The van der Waals surface area contributed by atoms with Crippen molar-refractivity contribution in [2.24, 2.45) is 13.0 Å². The molecule has 0 atom stereocenters. The highest BCUT2D eigenvalue weighted by atomic mass is 32.2. The number of carbonyl (C=O) groups is 2. The van der Waals surface area contributed by atoms with Crippen LogP contribution in [0, 0.1) is 5.92 Å². The number of hydrogen-bond donors (Lipinski definition) is 1. The lowest BCUT2D eigenvalue weighted by molar-refractivity contribution is -0.133. The van der Waals surface area contributed by atoms with E-state index in [-0.39, 0.29) is 22.8 Å². The minimum absolute atomic E-state index is 0.0371. The van der Waals surface area contributed by atoms with Crippen LogP contribution in [0.2, 0.25) is 0 Å². The summed E-state index contributed by atoms with van der Waals surface area (Å²) >= 11 is 0. The van der Waals surface area contributed by atoms with Crippen LogP contribution in [0.5, 0.6) is 0 Å². The van der Waals surface area contributed by atoms with E-state index in [0.29, 0.717) is 43.8 Å². The highest BCUT2D eigenvalue weighted by molar-refractivity contribution is 7.89. The molecule has 3 rings (SSSR count). The van der Waals surface area contributed by atoms with Crippen LogP contribution in [0.3, 0.4) is 0 Å². The molecule has 0 spiro atoms. The third-order valence-electron chi connectivity index (χ3n) is 6.09. The van der Waals surface area contributed by atoms with E-state index in [0.717, 1.165) is 24.2 Å². The summed E-state index contributed by atoms with van der Waals surface area (Å²) in [6, 6.07) is 4.98. The van der Waals surface area contributed by atoms with Crippen molar-refractivity contribution in [3.8, 4) is 0 Å². The Morgan fingerprint density at radius 3 is 2.48 bits per heavy atom. The number of nitrogens with one attached hydrogen (secondary N) is 1. The Morgan fingerprint density at radius 2 is 1.88 bits per heavy atom. The second-order valence-electron chi connectivity index (χ2n) is 9.35. The van der Waals surface area contributed by atoms with Crippen LogP contribution < -0.4 is 5.32 Å². The maximum Gasteiger partial charge on any atom is 0.242 e. The Balaban J connectivity index is 1.56. The second kappa shape index (κ2) is 10.2. The zero-order valence-corrected chi connectivity index (χ0v) is 21.0. The molecule has 1 saturated heterocycles. The van der Waals surface area contributed by atoms with E-state index in [1.165, 1.54) is 18.4 Å². The summed E-state index contributed by atoms with van der Waals surface area (Å²) in [7, 11) is 1.32. The maximum absolute atomic E-state index is 12.5. The van der Waals surface area contributed by atoms with E-state index >= 15 is 0 Å². The highest BCUT2D eigenvalue weighted by Crippen LogP contribution is 2.22. The zero-order chi connectivity index (χ0) is 24.3. The van der Waals surface area contributed by atoms with Crippen LogP contribution in [0.15, 0.2) is 23.1 Å². The summed E-state index contributed by atoms with van der Waals surface area (Å²) in [5, 5.41) is 3.09. The quantitative estimate of drug-likeness (QED) is 0.625. The third-order valence-corrected chi connectivity index (χ3v) is 7.91. The zero-order valence-electron chi connectivity index (χ0n) is 20.2. The molecular weight excluding hydrogens is 442 g/mol. The van der Waals surface area contributed by atoms with E-state index in [9.17, 15) is 18.0 Å². The molecule has 9 nitrogen and oxygen atoms in total. The fourth-order valence-corrected chi connectivity index (χ4v) is 5.02. The predicted octanol–water partition coefficient (Wildman–Crippen LogP) is 1.91. The van der Waals surface area contributed by atoms with Crippen molar-refractivity contribution in [1.82, 2.24) is 24.1 Å². The molecule has 0 saturated carbocycles. The van der Waals surface area contributed by atoms with Gasteiger partial charge in [0.1, 0.15) is 5.82 Å². The van der Waals surface area contributed by atoms with Gasteiger partial charge in [0, 0.05) is 59.5 Å². The number of aromatic nitrogens is 2. The number of hydrogen-bond acceptors (Lipinski definition) is 5. The summed E-state index contributed by atoms with van der Waals surface area (Å²) in [5.74, 6) is 1.23. The molecule has 2 aromatic rings. The first-order chi connectivity index (χ1) is 15.5. The van der Waals surface area contributed by atoms with Gasteiger partial charge >= 0.3 is 0 Å². The van der Waals surface area contributed by atoms with Crippen LogP contribution in [0.25, 0.3) is 11.0 Å². The number of nitrogens with zero attached hydrogens (tertiary/aromatic N) is 4. The molecule has 0 aliphatic carbocycles. The minimum atomic E-state index is -3.53. The molecule has 1 fully saturated rings. The van der Waals surface area contributed by atoms with E-state index < -0.39 is 10.0 Å². The smallest absolute Gasteiger partial charge is 0.242 e. The first-order valence-electron chi connectivity index (χ1n) is 11.4. The lowest BCUT2D eigenvalue weighted by atomic mass is 10.0. The molecule has 0 bridgehead atoms. The van der Waals surface area contributed by atoms with Crippen LogP contribution in [-0.2, 0) is 33.1 Å². The molecule has 0 unspecified atom stereocenters. The van der Waals surface area contributed by atoms with Gasteiger partial charge in [0.15, 0.2) is 0 Å². The maximum atomic E-state index is 12.5. The van der Waals surface area contributed by atoms with Crippen molar-refractivity contribution in [1.29, 1.82) is 0 Å². The Labute approximate surface area is 196 Å². The molecule has 1 N–H and O–H groups in total. The number of aryl methyl sites for hydroxylation is 2. The first-order valence-corrected chi connectivity index (χ1v) is 12.9. The van der Waals surface area contributed by atoms with Gasteiger partial charge in [0.2, 0.25) is 21.8 Å². The molecule has 10 heteroatoms. The summed E-state index contributed by atoms with van der Waals surface area (Å²) in [6.07, 6.45) is 2.86. The predicted molar refractivity (Wildman–Crippen MR) is 127 cm³/mol. The van der Waals surface area contributed by atoms with Crippen LogP contribution in [0.4, 0.5) is 0 Å². The number of carbonyl (C=O) groups excluding carboxylic acids is 2. The van der Waals surface area contributed by atoms with Gasteiger partial charge in [0.25, 0.3) is 0 Å². The average molecular weight is 478 g/mol. The largest absolute Gasteiger partial charge is 0.353 e. The molecule has 1 aliphatic heterocycles. The standard InChI is InChI=1S/C23H35N5O4S/c1-16(2)14-23(30)28-12-10-17(11-13-28)24-22(29)9-8-21-25-19-15-18(33(31,32)26(3)4)6-7-20(19)27(21)5/h6-7,15-17H,8-14H2,1-5H3,(H,24,29). The van der Waals surface area contributed by atoms with Crippen molar-refractivity contribution in [3.05, 3.63) is 24.0 Å². The summed E-state index contributed by atoms with van der Waals surface area (Å²) in [5.41, 5.74) is 1.41. The Kier molecular flexibility index (Phi) is 7.79. The summed E-state index contributed by atoms with van der Waals surface area (Å²) in [6.45, 7) is 5.44. The van der Waals surface area contributed by atoms with Gasteiger partial charge in [-0.2, -0.15) is 0 Å². The fraction of sp³-hybridized carbons (Fsp3) is 0.609. The van der Waals surface area contributed by atoms with Crippen LogP contribution in [0.1, 0.15) is 45.4 Å². The lowest BCUT2D eigenvalue weighted by Crippen LogP contribution is -2.46. The van der Waals surface area contributed by atoms with Gasteiger partial charge in [-0.25, -0.2) is 17.7 Å². The molecule has 33 heavy (non-hydrogen) atoms. The van der Waals surface area contributed by atoms with Crippen LogP contribution >= 0.6 is 0 Å². The molecular formula is C23H35N5O4S.